The van der Waals surface area contributed by atoms with E-state index in [0.29, 0.717) is 18.7 Å². The minimum atomic E-state index is -0.107. The molecule has 0 aromatic carbocycles. The summed E-state index contributed by atoms with van der Waals surface area (Å²) in [6, 6.07) is 7.47. The van der Waals surface area contributed by atoms with Crippen molar-refractivity contribution in [3.05, 3.63) is 60.2 Å². The predicted molar refractivity (Wildman–Crippen MR) is 90.8 cm³/mol. The molecule has 0 unspecified atom stereocenters. The van der Waals surface area contributed by atoms with Crippen molar-refractivity contribution in [2.75, 3.05) is 13.2 Å². The van der Waals surface area contributed by atoms with Crippen LogP contribution in [0.15, 0.2) is 49.1 Å². The van der Waals surface area contributed by atoms with E-state index in [2.05, 4.69) is 9.97 Å². The summed E-state index contributed by atoms with van der Waals surface area (Å²) in [6.07, 6.45) is 8.57. The summed E-state index contributed by atoms with van der Waals surface area (Å²) in [4.78, 5) is 22.8. The molecule has 130 valence electrons. The van der Waals surface area contributed by atoms with E-state index in [1.54, 1.807) is 36.9 Å². The molecule has 2 saturated heterocycles. The summed E-state index contributed by atoms with van der Waals surface area (Å²) >= 11 is 0. The molecular formula is C19H21N3O3. The molecule has 0 aliphatic carbocycles. The van der Waals surface area contributed by atoms with Crippen LogP contribution < -0.4 is 0 Å². The second-order valence-electron chi connectivity index (χ2n) is 6.44. The standard InChI is InChI=1S/C19H21N3O3/c23-19(15-5-9-21-10-6-15)22-12-17(18-16(22)2-1-11-24-18)25-13-14-3-7-20-8-4-14/h3-10,16-18H,1-2,11-13H2/t16-,17+,18+/m1/s1. The van der Waals surface area contributed by atoms with Gasteiger partial charge in [-0.3, -0.25) is 14.8 Å². The van der Waals surface area contributed by atoms with Gasteiger partial charge in [0.25, 0.3) is 5.91 Å². The molecule has 4 rings (SSSR count). The van der Waals surface area contributed by atoms with Gasteiger partial charge < -0.3 is 14.4 Å². The number of aromatic nitrogens is 2. The first-order valence-corrected chi connectivity index (χ1v) is 8.66. The Kier molecular flexibility index (Phi) is 4.72. The van der Waals surface area contributed by atoms with Gasteiger partial charge in [-0.25, -0.2) is 0 Å². The third-order valence-corrected chi connectivity index (χ3v) is 4.88. The van der Waals surface area contributed by atoms with E-state index in [0.717, 1.165) is 25.0 Å². The van der Waals surface area contributed by atoms with Crippen molar-refractivity contribution in [3.8, 4) is 0 Å². The lowest BCUT2D eigenvalue weighted by Gasteiger charge is -2.32. The van der Waals surface area contributed by atoms with E-state index in [9.17, 15) is 4.79 Å². The van der Waals surface area contributed by atoms with E-state index in [1.807, 2.05) is 17.0 Å². The summed E-state index contributed by atoms with van der Waals surface area (Å²) in [5, 5.41) is 0. The average molecular weight is 339 g/mol. The lowest BCUT2D eigenvalue weighted by atomic mass is 10.0. The number of hydrogen-bond donors (Lipinski definition) is 0. The topological polar surface area (TPSA) is 64.6 Å². The maximum Gasteiger partial charge on any atom is 0.254 e. The summed E-state index contributed by atoms with van der Waals surface area (Å²) in [6.45, 7) is 1.78. The molecule has 2 aliphatic rings. The van der Waals surface area contributed by atoms with Crippen molar-refractivity contribution >= 4 is 5.91 Å². The first-order valence-electron chi connectivity index (χ1n) is 8.66. The number of rotatable bonds is 4. The van der Waals surface area contributed by atoms with Gasteiger partial charge in [0.2, 0.25) is 0 Å². The van der Waals surface area contributed by atoms with Gasteiger partial charge in [-0.1, -0.05) is 0 Å². The van der Waals surface area contributed by atoms with Gasteiger partial charge in [0.1, 0.15) is 12.2 Å². The van der Waals surface area contributed by atoms with Gasteiger partial charge in [-0.2, -0.15) is 0 Å². The lowest BCUT2D eigenvalue weighted by Crippen LogP contribution is -2.43. The maximum absolute atomic E-state index is 12.9. The first kappa shape index (κ1) is 16.2. The SMILES string of the molecule is O=C(c1ccncc1)N1C[C@H](OCc2ccncc2)[C@H]2OCCC[C@H]21. The summed E-state index contributed by atoms with van der Waals surface area (Å²) in [5.74, 6) is 0.0258. The van der Waals surface area contributed by atoms with Gasteiger partial charge in [0.05, 0.1) is 19.2 Å². The highest BCUT2D eigenvalue weighted by Gasteiger charge is 2.46. The molecule has 1 amide bonds. The molecular weight excluding hydrogens is 318 g/mol. The molecule has 25 heavy (non-hydrogen) atoms. The molecule has 0 spiro atoms. The monoisotopic (exact) mass is 339 g/mol. The molecule has 0 radical (unpaired) electrons. The van der Waals surface area contributed by atoms with Gasteiger partial charge in [0, 0.05) is 37.0 Å². The van der Waals surface area contributed by atoms with Crippen molar-refractivity contribution in [3.63, 3.8) is 0 Å². The fraction of sp³-hybridized carbons (Fsp3) is 0.421. The first-order chi connectivity index (χ1) is 12.3. The Hall–Kier alpha value is -2.31. The number of hydrogen-bond acceptors (Lipinski definition) is 5. The molecule has 4 heterocycles. The van der Waals surface area contributed by atoms with Crippen LogP contribution in [0.1, 0.15) is 28.8 Å². The number of likely N-dealkylation sites (tertiary alicyclic amines) is 1. The fourth-order valence-electron chi connectivity index (χ4n) is 3.63. The molecule has 2 aromatic rings. The molecule has 2 aliphatic heterocycles. The molecule has 6 nitrogen and oxygen atoms in total. The van der Waals surface area contributed by atoms with Gasteiger partial charge in [-0.15, -0.1) is 0 Å². The van der Waals surface area contributed by atoms with Crippen molar-refractivity contribution in [2.45, 2.75) is 37.7 Å². The average Bonchev–Trinajstić information content (AvgIpc) is 3.06. The number of carbonyl (C=O) groups excluding carboxylic acids is 1. The molecule has 0 N–H and O–H groups in total. The van der Waals surface area contributed by atoms with E-state index in [4.69, 9.17) is 9.47 Å². The van der Waals surface area contributed by atoms with Crippen LogP contribution in [0.4, 0.5) is 0 Å². The molecule has 6 heteroatoms. The second-order valence-corrected chi connectivity index (χ2v) is 6.44. The van der Waals surface area contributed by atoms with E-state index >= 15 is 0 Å². The molecule has 3 atom stereocenters. The van der Waals surface area contributed by atoms with E-state index < -0.39 is 0 Å². The number of amides is 1. The molecule has 0 bridgehead atoms. The highest BCUT2D eigenvalue weighted by atomic mass is 16.5. The maximum atomic E-state index is 12.9. The van der Waals surface area contributed by atoms with Crippen molar-refractivity contribution in [1.29, 1.82) is 0 Å². The van der Waals surface area contributed by atoms with Gasteiger partial charge in [-0.05, 0) is 42.7 Å². The Balaban J connectivity index is 1.48. The van der Waals surface area contributed by atoms with Crippen LogP contribution in [-0.4, -0.2) is 52.2 Å². The Bertz CT molecular complexity index is 710. The van der Waals surface area contributed by atoms with Crippen LogP contribution >= 0.6 is 0 Å². The summed E-state index contributed by atoms with van der Waals surface area (Å²) in [5.41, 5.74) is 1.73. The normalized spacial score (nSPS) is 25.6. The van der Waals surface area contributed by atoms with Gasteiger partial charge >= 0.3 is 0 Å². The Morgan fingerprint density at radius 2 is 1.88 bits per heavy atom. The van der Waals surface area contributed by atoms with Crippen LogP contribution in [0.3, 0.4) is 0 Å². The minimum absolute atomic E-state index is 0.0258. The number of pyridine rings is 2. The summed E-state index contributed by atoms with van der Waals surface area (Å²) in [7, 11) is 0. The number of ether oxygens (including phenoxy) is 2. The lowest BCUT2D eigenvalue weighted by molar-refractivity contribution is -0.0809. The Labute approximate surface area is 146 Å². The van der Waals surface area contributed by atoms with Crippen LogP contribution in [0, 0.1) is 0 Å². The quantitative estimate of drug-likeness (QED) is 0.853. The third kappa shape index (κ3) is 3.41. The second kappa shape index (κ2) is 7.29. The van der Waals surface area contributed by atoms with Crippen LogP contribution in [0.25, 0.3) is 0 Å². The number of nitrogens with zero attached hydrogens (tertiary/aromatic N) is 3. The Morgan fingerprint density at radius 3 is 2.64 bits per heavy atom. The smallest absolute Gasteiger partial charge is 0.254 e. The molecule has 2 aromatic heterocycles. The fourth-order valence-corrected chi connectivity index (χ4v) is 3.63. The van der Waals surface area contributed by atoms with E-state index in [1.165, 1.54) is 0 Å². The van der Waals surface area contributed by atoms with Crippen molar-refractivity contribution in [2.24, 2.45) is 0 Å². The van der Waals surface area contributed by atoms with Gasteiger partial charge in [0.15, 0.2) is 0 Å². The van der Waals surface area contributed by atoms with Crippen LogP contribution in [0.2, 0.25) is 0 Å². The highest BCUT2D eigenvalue weighted by Crippen LogP contribution is 2.32. The highest BCUT2D eigenvalue weighted by molar-refractivity contribution is 5.94. The van der Waals surface area contributed by atoms with Crippen LogP contribution in [0.5, 0.6) is 0 Å². The predicted octanol–water partition coefficient (Wildman–Crippen LogP) is 2.07. The van der Waals surface area contributed by atoms with Crippen molar-refractivity contribution in [1.82, 2.24) is 14.9 Å². The van der Waals surface area contributed by atoms with Crippen molar-refractivity contribution < 1.29 is 14.3 Å². The zero-order valence-electron chi connectivity index (χ0n) is 14.0. The largest absolute Gasteiger partial charge is 0.373 e. The molecule has 0 saturated carbocycles. The third-order valence-electron chi connectivity index (χ3n) is 4.88. The van der Waals surface area contributed by atoms with Crippen LogP contribution in [-0.2, 0) is 16.1 Å². The summed E-state index contributed by atoms with van der Waals surface area (Å²) < 4.78 is 12.1. The van der Waals surface area contributed by atoms with E-state index in [-0.39, 0.29) is 24.2 Å². The minimum Gasteiger partial charge on any atom is -0.373 e. The zero-order chi connectivity index (χ0) is 17.1. The number of carbonyl (C=O) groups is 1. The Morgan fingerprint density at radius 1 is 1.16 bits per heavy atom. The zero-order valence-corrected chi connectivity index (χ0v) is 14.0. The number of fused-ring (bicyclic) bond motifs is 1. The molecule has 2 fully saturated rings.